The molecule has 2 aromatic carbocycles. The zero-order valence-electron chi connectivity index (χ0n) is 15.7. The number of hydrogen-bond donors (Lipinski definition) is 1. The molecule has 0 saturated carbocycles. The van der Waals surface area contributed by atoms with Crippen LogP contribution in [0.25, 0.3) is 0 Å². The molecule has 0 aromatic heterocycles. The quantitative estimate of drug-likeness (QED) is 0.776. The highest BCUT2D eigenvalue weighted by atomic mass is 16.5. The molecule has 0 fully saturated rings. The number of carbonyl (C=O) groups is 2. The molecule has 0 aliphatic carbocycles. The van der Waals surface area contributed by atoms with Gasteiger partial charge in [-0.2, -0.15) is 0 Å². The Balaban J connectivity index is 2.02. The molecule has 1 aliphatic heterocycles. The molecular weight excluding hydrogens is 358 g/mol. The Hall–Kier alpha value is -3.54. The van der Waals surface area contributed by atoms with Crippen LogP contribution in [0.1, 0.15) is 17.0 Å². The van der Waals surface area contributed by atoms with E-state index >= 15 is 0 Å². The fraction of sp³-hybridized carbons (Fsp3) is 0.182. The fourth-order valence-corrected chi connectivity index (χ4v) is 3.26. The molecule has 3 rings (SSSR count). The van der Waals surface area contributed by atoms with Gasteiger partial charge in [-0.25, -0.2) is 9.59 Å². The van der Waals surface area contributed by atoms with Crippen LogP contribution in [0, 0.1) is 0 Å². The molecule has 0 spiro atoms. The molecule has 1 N–H and O–H groups in total. The molecule has 0 radical (unpaired) electrons. The molecule has 6 heteroatoms. The van der Waals surface area contributed by atoms with Crippen molar-refractivity contribution in [2.75, 3.05) is 14.2 Å². The number of benzene rings is 2. The van der Waals surface area contributed by atoms with E-state index in [0.717, 1.165) is 5.56 Å². The smallest absolute Gasteiger partial charge is 0.336 e. The van der Waals surface area contributed by atoms with Crippen molar-refractivity contribution in [3.05, 3.63) is 89.3 Å². The van der Waals surface area contributed by atoms with E-state index in [4.69, 9.17) is 9.47 Å². The van der Waals surface area contributed by atoms with E-state index in [2.05, 4.69) is 0 Å². The minimum atomic E-state index is -1.08. The Bertz CT molecular complexity index is 933. The summed E-state index contributed by atoms with van der Waals surface area (Å²) in [6.45, 7) is 0.385. The summed E-state index contributed by atoms with van der Waals surface area (Å²) in [5.41, 5.74) is 2.02. The third-order valence-electron chi connectivity index (χ3n) is 4.53. The lowest BCUT2D eigenvalue weighted by atomic mass is 9.83. The van der Waals surface area contributed by atoms with Gasteiger partial charge in [0, 0.05) is 18.9 Å². The largest absolute Gasteiger partial charge is 0.497 e. The van der Waals surface area contributed by atoms with E-state index in [-0.39, 0.29) is 11.1 Å². The molecule has 0 amide bonds. The number of aliphatic carboxylic acids is 1. The number of ether oxygens (including phenoxy) is 2. The standard InChI is InChI=1S/C22H21NO5/c1-27-17-10-6-7-15(11-17)12-23-13-18(21(24)25)20(16-8-4-3-5-9-16)19(14-23)22(26)28-2/h3-11,13-14,20H,12H2,1-2H3,(H,24,25). The van der Waals surface area contributed by atoms with Crippen molar-refractivity contribution in [1.82, 2.24) is 4.90 Å². The maximum absolute atomic E-state index is 12.5. The summed E-state index contributed by atoms with van der Waals surface area (Å²) in [7, 11) is 2.87. The topological polar surface area (TPSA) is 76.1 Å². The Morgan fingerprint density at radius 2 is 1.71 bits per heavy atom. The number of carboxylic acid groups (broad SMARTS) is 1. The van der Waals surface area contributed by atoms with Gasteiger partial charge in [-0.05, 0) is 23.3 Å². The number of rotatable bonds is 6. The van der Waals surface area contributed by atoms with Crippen molar-refractivity contribution in [1.29, 1.82) is 0 Å². The molecule has 2 aromatic rings. The van der Waals surface area contributed by atoms with Gasteiger partial charge in [-0.1, -0.05) is 42.5 Å². The molecular formula is C22H21NO5. The maximum Gasteiger partial charge on any atom is 0.336 e. The molecule has 1 aliphatic rings. The predicted molar refractivity (Wildman–Crippen MR) is 104 cm³/mol. The molecule has 28 heavy (non-hydrogen) atoms. The Morgan fingerprint density at radius 1 is 1.00 bits per heavy atom. The van der Waals surface area contributed by atoms with Gasteiger partial charge in [-0.15, -0.1) is 0 Å². The van der Waals surface area contributed by atoms with Crippen LogP contribution in [-0.2, 0) is 20.9 Å². The SMILES string of the molecule is COC(=O)C1=CN(Cc2cccc(OC)c2)C=C(C(=O)O)C1c1ccccc1. The van der Waals surface area contributed by atoms with Crippen LogP contribution < -0.4 is 4.74 Å². The molecule has 1 heterocycles. The number of nitrogens with zero attached hydrogens (tertiary/aromatic N) is 1. The summed E-state index contributed by atoms with van der Waals surface area (Å²) in [5, 5.41) is 9.81. The van der Waals surface area contributed by atoms with Gasteiger partial charge in [0.2, 0.25) is 0 Å². The Labute approximate surface area is 163 Å². The monoisotopic (exact) mass is 379 g/mol. The second-order valence-corrected chi connectivity index (χ2v) is 6.33. The van der Waals surface area contributed by atoms with Crippen molar-refractivity contribution in [3.8, 4) is 5.75 Å². The predicted octanol–water partition coefficient (Wildman–Crippen LogP) is 3.32. The number of carbonyl (C=O) groups excluding carboxylic acids is 1. The van der Waals surface area contributed by atoms with Gasteiger partial charge in [0.15, 0.2) is 0 Å². The third-order valence-corrected chi connectivity index (χ3v) is 4.53. The Kier molecular flexibility index (Phi) is 5.79. The first-order chi connectivity index (χ1) is 13.5. The van der Waals surface area contributed by atoms with Crippen LogP contribution in [-0.4, -0.2) is 36.2 Å². The fourth-order valence-electron chi connectivity index (χ4n) is 3.26. The first kappa shape index (κ1) is 19.2. The average molecular weight is 379 g/mol. The number of methoxy groups -OCH3 is 2. The molecule has 144 valence electrons. The normalized spacial score (nSPS) is 16.1. The number of carboxylic acids is 1. The average Bonchev–Trinajstić information content (AvgIpc) is 2.73. The van der Waals surface area contributed by atoms with Crippen molar-refractivity contribution in [2.45, 2.75) is 12.5 Å². The second-order valence-electron chi connectivity index (χ2n) is 6.33. The van der Waals surface area contributed by atoms with E-state index in [9.17, 15) is 14.7 Å². The van der Waals surface area contributed by atoms with E-state index < -0.39 is 17.9 Å². The zero-order chi connectivity index (χ0) is 20.1. The number of esters is 1. The second kappa shape index (κ2) is 8.43. The highest BCUT2D eigenvalue weighted by Crippen LogP contribution is 2.36. The lowest BCUT2D eigenvalue weighted by Gasteiger charge is -2.29. The van der Waals surface area contributed by atoms with Gasteiger partial charge in [0.05, 0.1) is 31.3 Å². The van der Waals surface area contributed by atoms with Crippen molar-refractivity contribution < 1.29 is 24.2 Å². The summed E-state index contributed by atoms with van der Waals surface area (Å²) in [6, 6.07) is 16.5. The summed E-state index contributed by atoms with van der Waals surface area (Å²) in [4.78, 5) is 26.1. The van der Waals surface area contributed by atoms with E-state index in [1.54, 1.807) is 36.5 Å². The molecule has 6 nitrogen and oxygen atoms in total. The minimum absolute atomic E-state index is 0.108. The van der Waals surface area contributed by atoms with Gasteiger partial charge < -0.3 is 19.5 Å². The highest BCUT2D eigenvalue weighted by Gasteiger charge is 2.34. The highest BCUT2D eigenvalue weighted by molar-refractivity contribution is 5.97. The van der Waals surface area contributed by atoms with Crippen LogP contribution in [0.4, 0.5) is 0 Å². The summed E-state index contributed by atoms with van der Waals surface area (Å²) in [5.74, 6) is -1.64. The summed E-state index contributed by atoms with van der Waals surface area (Å²) < 4.78 is 10.2. The van der Waals surface area contributed by atoms with Gasteiger partial charge >= 0.3 is 11.9 Å². The van der Waals surface area contributed by atoms with Crippen LogP contribution in [0.15, 0.2) is 78.1 Å². The van der Waals surface area contributed by atoms with E-state index in [0.29, 0.717) is 17.9 Å². The van der Waals surface area contributed by atoms with E-state index in [1.165, 1.54) is 7.11 Å². The molecule has 1 atom stereocenters. The van der Waals surface area contributed by atoms with Crippen LogP contribution in [0.3, 0.4) is 0 Å². The Morgan fingerprint density at radius 3 is 2.36 bits per heavy atom. The maximum atomic E-state index is 12.5. The lowest BCUT2D eigenvalue weighted by molar-refractivity contribution is -0.136. The zero-order valence-corrected chi connectivity index (χ0v) is 15.7. The summed E-state index contributed by atoms with van der Waals surface area (Å²) in [6.07, 6.45) is 3.21. The van der Waals surface area contributed by atoms with Crippen LogP contribution in [0.2, 0.25) is 0 Å². The first-order valence-corrected chi connectivity index (χ1v) is 8.72. The number of hydrogen-bond acceptors (Lipinski definition) is 5. The molecule has 0 bridgehead atoms. The first-order valence-electron chi connectivity index (χ1n) is 8.72. The summed E-state index contributed by atoms with van der Waals surface area (Å²) >= 11 is 0. The third kappa shape index (κ3) is 4.06. The van der Waals surface area contributed by atoms with Crippen LogP contribution in [0.5, 0.6) is 5.75 Å². The van der Waals surface area contributed by atoms with E-state index in [1.807, 2.05) is 42.5 Å². The molecule has 0 saturated heterocycles. The van der Waals surface area contributed by atoms with Crippen LogP contribution >= 0.6 is 0 Å². The minimum Gasteiger partial charge on any atom is -0.497 e. The lowest BCUT2D eigenvalue weighted by Crippen LogP contribution is -2.28. The molecule has 1 unspecified atom stereocenters. The van der Waals surface area contributed by atoms with Crippen molar-refractivity contribution in [2.24, 2.45) is 0 Å². The van der Waals surface area contributed by atoms with Gasteiger partial charge in [0.1, 0.15) is 5.75 Å². The van der Waals surface area contributed by atoms with Gasteiger partial charge in [0.25, 0.3) is 0 Å². The van der Waals surface area contributed by atoms with Gasteiger partial charge in [-0.3, -0.25) is 0 Å². The van der Waals surface area contributed by atoms with Crippen molar-refractivity contribution >= 4 is 11.9 Å². The van der Waals surface area contributed by atoms with Crippen molar-refractivity contribution in [3.63, 3.8) is 0 Å².